The maximum atomic E-state index is 11.4. The van der Waals surface area contributed by atoms with E-state index >= 15 is 0 Å². The summed E-state index contributed by atoms with van der Waals surface area (Å²) in [5, 5.41) is 32.0. The highest BCUT2D eigenvalue weighted by Crippen LogP contribution is 2.38. The number of benzene rings is 3. The van der Waals surface area contributed by atoms with Crippen LogP contribution in [0.5, 0.6) is 17.2 Å². The molecule has 4 aromatic rings. The second-order valence-electron chi connectivity index (χ2n) is 7.45. The molecule has 0 radical (unpaired) electrons. The molecule has 11 nitrogen and oxygen atoms in total. The van der Waals surface area contributed by atoms with Crippen LogP contribution in [-0.2, 0) is 0 Å². The third-order valence-corrected chi connectivity index (χ3v) is 5.08. The van der Waals surface area contributed by atoms with Gasteiger partial charge in [0.05, 0.1) is 39.6 Å². The number of imidazole rings is 1. The van der Waals surface area contributed by atoms with Gasteiger partial charge in [0.1, 0.15) is 11.9 Å². The molecule has 0 spiro atoms. The minimum Gasteiger partial charge on any atom is -0.493 e. The lowest BCUT2D eigenvalue weighted by Gasteiger charge is -2.11. The maximum Gasteiger partial charge on any atom is 0.318 e. The molecule has 0 amide bonds. The van der Waals surface area contributed by atoms with E-state index in [2.05, 4.69) is 16.0 Å². The number of aromatic amines is 1. The molecule has 35 heavy (non-hydrogen) atoms. The van der Waals surface area contributed by atoms with Crippen LogP contribution in [0, 0.1) is 38.5 Å². The van der Waals surface area contributed by atoms with E-state index in [1.54, 1.807) is 18.2 Å². The standard InChI is InChI=1S/C24H17N5O6/c1-14-3-6-18-19(9-14)27-24(26-18)16(13-25)10-15-4-7-22(23(11-15)34-2)35-21-8-5-17(28(30)31)12-20(21)29(32)33/h3-12H,1-2H3,(H,26,27)/b16-10-. The fraction of sp³-hybridized carbons (Fsp3) is 0.0833. The van der Waals surface area contributed by atoms with Crippen LogP contribution in [0.1, 0.15) is 17.0 Å². The number of allylic oxidation sites excluding steroid dienone is 1. The molecular formula is C24H17N5O6. The lowest BCUT2D eigenvalue weighted by molar-refractivity contribution is -0.394. The summed E-state index contributed by atoms with van der Waals surface area (Å²) in [6.45, 7) is 1.96. The first-order valence-corrected chi connectivity index (χ1v) is 10.2. The average Bonchev–Trinajstić information content (AvgIpc) is 3.26. The van der Waals surface area contributed by atoms with E-state index in [-0.39, 0.29) is 17.2 Å². The van der Waals surface area contributed by atoms with Crippen molar-refractivity contribution >= 4 is 34.1 Å². The van der Waals surface area contributed by atoms with Gasteiger partial charge in [-0.05, 0) is 54.5 Å². The summed E-state index contributed by atoms with van der Waals surface area (Å²) < 4.78 is 11.0. The van der Waals surface area contributed by atoms with E-state index in [9.17, 15) is 25.5 Å². The van der Waals surface area contributed by atoms with E-state index in [4.69, 9.17) is 9.47 Å². The predicted molar refractivity (Wildman–Crippen MR) is 127 cm³/mol. The molecule has 0 aliphatic carbocycles. The number of non-ortho nitro benzene ring substituents is 1. The summed E-state index contributed by atoms with van der Waals surface area (Å²) in [5.41, 5.74) is 2.51. The zero-order chi connectivity index (χ0) is 25.1. The first-order valence-electron chi connectivity index (χ1n) is 10.2. The number of aromatic nitrogens is 2. The van der Waals surface area contributed by atoms with Gasteiger partial charge in [0, 0.05) is 6.07 Å². The number of fused-ring (bicyclic) bond motifs is 1. The quantitative estimate of drug-likeness (QED) is 0.209. The second-order valence-corrected chi connectivity index (χ2v) is 7.45. The first-order chi connectivity index (χ1) is 16.8. The fourth-order valence-corrected chi connectivity index (χ4v) is 3.40. The average molecular weight is 471 g/mol. The molecule has 11 heteroatoms. The molecule has 0 fully saturated rings. The van der Waals surface area contributed by atoms with Crippen molar-refractivity contribution < 1.29 is 19.3 Å². The Morgan fingerprint density at radius 3 is 2.49 bits per heavy atom. The molecular weight excluding hydrogens is 454 g/mol. The van der Waals surface area contributed by atoms with Crippen molar-refractivity contribution in [2.75, 3.05) is 7.11 Å². The molecule has 1 aromatic heterocycles. The number of hydrogen-bond acceptors (Lipinski definition) is 8. The van der Waals surface area contributed by atoms with E-state index in [1.807, 2.05) is 25.1 Å². The first kappa shape index (κ1) is 22.9. The van der Waals surface area contributed by atoms with Gasteiger partial charge in [0.25, 0.3) is 5.69 Å². The molecule has 1 heterocycles. The van der Waals surface area contributed by atoms with Gasteiger partial charge in [-0.25, -0.2) is 4.98 Å². The van der Waals surface area contributed by atoms with Crippen molar-refractivity contribution in [1.29, 1.82) is 5.26 Å². The highest BCUT2D eigenvalue weighted by molar-refractivity contribution is 5.90. The van der Waals surface area contributed by atoms with Gasteiger partial charge >= 0.3 is 5.69 Å². The van der Waals surface area contributed by atoms with Crippen molar-refractivity contribution in [3.05, 3.63) is 91.8 Å². The molecule has 0 saturated carbocycles. The maximum absolute atomic E-state index is 11.4. The molecule has 1 N–H and O–H groups in total. The molecule has 0 bridgehead atoms. The number of nitrogens with one attached hydrogen (secondary N) is 1. The number of nitro groups is 2. The van der Waals surface area contributed by atoms with E-state index in [1.165, 1.54) is 13.2 Å². The summed E-state index contributed by atoms with van der Waals surface area (Å²) in [4.78, 5) is 28.5. The Kier molecular flexibility index (Phi) is 6.11. The minimum absolute atomic E-state index is 0.152. The zero-order valence-electron chi connectivity index (χ0n) is 18.5. The molecule has 0 unspecified atom stereocenters. The summed E-state index contributed by atoms with van der Waals surface area (Å²) in [6, 6.07) is 15.7. The van der Waals surface area contributed by atoms with Gasteiger partial charge < -0.3 is 14.5 Å². The highest BCUT2D eigenvalue weighted by atomic mass is 16.6. The Bertz CT molecular complexity index is 1550. The van der Waals surface area contributed by atoms with Crippen molar-refractivity contribution in [2.24, 2.45) is 0 Å². The Hall–Kier alpha value is -5.24. The summed E-state index contributed by atoms with van der Waals surface area (Å²) in [6.07, 6.45) is 1.62. The number of ether oxygens (including phenoxy) is 2. The van der Waals surface area contributed by atoms with Crippen LogP contribution in [-0.4, -0.2) is 26.9 Å². The van der Waals surface area contributed by atoms with Gasteiger partial charge in [0.15, 0.2) is 11.5 Å². The van der Waals surface area contributed by atoms with E-state index in [0.717, 1.165) is 34.8 Å². The van der Waals surface area contributed by atoms with Crippen molar-refractivity contribution in [2.45, 2.75) is 6.92 Å². The van der Waals surface area contributed by atoms with Crippen LogP contribution in [0.2, 0.25) is 0 Å². The molecule has 0 atom stereocenters. The molecule has 4 rings (SSSR count). The van der Waals surface area contributed by atoms with E-state index < -0.39 is 21.2 Å². The van der Waals surface area contributed by atoms with Gasteiger partial charge in [-0.2, -0.15) is 5.26 Å². The molecule has 174 valence electrons. The van der Waals surface area contributed by atoms with Crippen LogP contribution < -0.4 is 9.47 Å². The zero-order valence-corrected chi connectivity index (χ0v) is 18.5. The Balaban J connectivity index is 1.67. The van der Waals surface area contributed by atoms with Crippen LogP contribution in [0.15, 0.2) is 54.6 Å². The number of hydrogen-bond donors (Lipinski definition) is 1. The number of rotatable bonds is 7. The van der Waals surface area contributed by atoms with Gasteiger partial charge in [0.2, 0.25) is 5.75 Å². The number of nitro benzene ring substituents is 2. The van der Waals surface area contributed by atoms with Gasteiger partial charge in [-0.1, -0.05) is 12.1 Å². The number of aryl methyl sites for hydroxylation is 1. The fourth-order valence-electron chi connectivity index (χ4n) is 3.40. The van der Waals surface area contributed by atoms with Crippen molar-refractivity contribution in [1.82, 2.24) is 9.97 Å². The van der Waals surface area contributed by atoms with Crippen LogP contribution in [0.25, 0.3) is 22.7 Å². The van der Waals surface area contributed by atoms with Gasteiger partial charge in [-0.3, -0.25) is 20.2 Å². The number of nitriles is 1. The van der Waals surface area contributed by atoms with Crippen LogP contribution in [0.4, 0.5) is 11.4 Å². The smallest absolute Gasteiger partial charge is 0.318 e. The second kappa shape index (κ2) is 9.32. The Morgan fingerprint density at radius 2 is 1.80 bits per heavy atom. The summed E-state index contributed by atoms with van der Waals surface area (Å²) in [5.74, 6) is 0.620. The molecule has 3 aromatic carbocycles. The van der Waals surface area contributed by atoms with Crippen molar-refractivity contribution in [3.63, 3.8) is 0 Å². The third kappa shape index (κ3) is 4.76. The normalized spacial score (nSPS) is 11.2. The Labute approximate surface area is 198 Å². The van der Waals surface area contributed by atoms with Gasteiger partial charge in [-0.15, -0.1) is 0 Å². The summed E-state index contributed by atoms with van der Waals surface area (Å²) in [7, 11) is 1.40. The third-order valence-electron chi connectivity index (χ3n) is 5.08. The van der Waals surface area contributed by atoms with Crippen LogP contribution in [0.3, 0.4) is 0 Å². The number of nitrogens with zero attached hydrogens (tertiary/aromatic N) is 4. The Morgan fingerprint density at radius 1 is 1.03 bits per heavy atom. The lowest BCUT2D eigenvalue weighted by atomic mass is 10.1. The van der Waals surface area contributed by atoms with Crippen molar-refractivity contribution in [3.8, 4) is 23.3 Å². The summed E-state index contributed by atoms with van der Waals surface area (Å²) >= 11 is 0. The molecule has 0 aliphatic heterocycles. The van der Waals surface area contributed by atoms with Crippen LogP contribution >= 0.6 is 0 Å². The number of H-pyrrole nitrogens is 1. The van der Waals surface area contributed by atoms with E-state index in [0.29, 0.717) is 17.0 Å². The highest BCUT2D eigenvalue weighted by Gasteiger charge is 2.22. The topological polar surface area (TPSA) is 157 Å². The molecule has 0 saturated heterocycles. The predicted octanol–water partition coefficient (Wildman–Crippen LogP) is 5.55. The SMILES string of the molecule is COc1cc(/C=C(/C#N)c2nc3ccc(C)cc3[nH]2)ccc1Oc1ccc([N+](=O)[O-])cc1[N+](=O)[O-]. The molecule has 0 aliphatic rings. The lowest BCUT2D eigenvalue weighted by Crippen LogP contribution is -1.97. The number of methoxy groups -OCH3 is 1. The largest absolute Gasteiger partial charge is 0.493 e. The minimum atomic E-state index is -0.764. The monoisotopic (exact) mass is 471 g/mol.